The largest absolute Gasteiger partial charge is 0.484 e. The van der Waals surface area contributed by atoms with Crippen LogP contribution in [-0.4, -0.2) is 12.5 Å². The number of amides is 1. The van der Waals surface area contributed by atoms with Crippen molar-refractivity contribution in [2.45, 2.75) is 33.1 Å². The van der Waals surface area contributed by atoms with Gasteiger partial charge in [-0.05, 0) is 60.7 Å². The summed E-state index contributed by atoms with van der Waals surface area (Å²) in [5, 5.41) is 2.86. The second kappa shape index (κ2) is 8.16. The van der Waals surface area contributed by atoms with E-state index in [1.807, 2.05) is 37.3 Å². The molecule has 4 heteroatoms. The van der Waals surface area contributed by atoms with Crippen LogP contribution in [0, 0.1) is 6.92 Å². The smallest absolute Gasteiger partial charge is 0.262 e. The van der Waals surface area contributed by atoms with Gasteiger partial charge in [-0.1, -0.05) is 41.9 Å². The van der Waals surface area contributed by atoms with Crippen molar-refractivity contribution in [2.75, 3.05) is 11.9 Å². The van der Waals surface area contributed by atoms with Gasteiger partial charge in [0.1, 0.15) is 5.75 Å². The molecule has 0 radical (unpaired) electrons. The molecule has 0 aliphatic carbocycles. The Labute approximate surface area is 146 Å². The minimum atomic E-state index is -0.165. The molecular weight excluding hydrogens is 354 g/mol. The lowest BCUT2D eigenvalue weighted by Gasteiger charge is -2.12. The molecule has 0 bridgehead atoms. The lowest BCUT2D eigenvalue weighted by atomic mass is 9.99. The number of ether oxygens (including phenoxy) is 1. The number of hydrogen-bond acceptors (Lipinski definition) is 2. The van der Waals surface area contributed by atoms with Gasteiger partial charge in [-0.25, -0.2) is 0 Å². The van der Waals surface area contributed by atoms with E-state index in [0.717, 1.165) is 22.1 Å². The van der Waals surface area contributed by atoms with Crippen LogP contribution in [0.4, 0.5) is 5.69 Å². The maximum Gasteiger partial charge on any atom is 0.262 e. The number of halogens is 1. The van der Waals surface area contributed by atoms with Gasteiger partial charge in [0.15, 0.2) is 6.61 Å². The van der Waals surface area contributed by atoms with Crippen LogP contribution in [0.25, 0.3) is 0 Å². The summed E-state index contributed by atoms with van der Waals surface area (Å²) in [6.45, 7) is 6.32. The molecule has 0 unspecified atom stereocenters. The van der Waals surface area contributed by atoms with Gasteiger partial charge < -0.3 is 10.1 Å². The Bertz CT molecular complexity index is 668. The number of rotatable bonds is 6. The lowest BCUT2D eigenvalue weighted by Crippen LogP contribution is -2.20. The summed E-state index contributed by atoms with van der Waals surface area (Å²) in [6.07, 6.45) is 1.11. The van der Waals surface area contributed by atoms with Crippen molar-refractivity contribution >= 4 is 27.5 Å². The van der Waals surface area contributed by atoms with Gasteiger partial charge in [0.2, 0.25) is 0 Å². The Hall–Kier alpha value is -1.81. The number of carbonyl (C=O) groups is 1. The molecule has 0 fully saturated rings. The Kier molecular flexibility index (Phi) is 6.22. The molecule has 3 nitrogen and oxygen atoms in total. The standard InChI is InChI=1S/C19H22BrNO2/c1-4-13(2)15-5-8-17(9-6-15)23-12-19(22)21-18-10-7-16(20)11-14(18)3/h5-11,13H,4,12H2,1-3H3,(H,21,22)/t13-/m0/s1. The predicted molar refractivity (Wildman–Crippen MR) is 98.2 cm³/mol. The van der Waals surface area contributed by atoms with Crippen molar-refractivity contribution in [1.82, 2.24) is 0 Å². The van der Waals surface area contributed by atoms with Crippen LogP contribution >= 0.6 is 15.9 Å². The van der Waals surface area contributed by atoms with E-state index in [1.54, 1.807) is 0 Å². The summed E-state index contributed by atoms with van der Waals surface area (Å²) in [5.41, 5.74) is 3.09. The number of carbonyl (C=O) groups excluding carboxylic acids is 1. The molecule has 1 atom stereocenters. The SMILES string of the molecule is CC[C@H](C)c1ccc(OCC(=O)Nc2ccc(Br)cc2C)cc1. The van der Waals surface area contributed by atoms with Gasteiger partial charge in [0.25, 0.3) is 5.91 Å². The molecule has 0 heterocycles. The van der Waals surface area contributed by atoms with Crippen LogP contribution in [0.2, 0.25) is 0 Å². The molecular formula is C19H22BrNO2. The average molecular weight is 376 g/mol. The van der Waals surface area contributed by atoms with Crippen molar-refractivity contribution in [3.05, 3.63) is 58.1 Å². The molecule has 0 aromatic heterocycles. The van der Waals surface area contributed by atoms with Crippen LogP contribution in [0.1, 0.15) is 37.3 Å². The normalized spacial score (nSPS) is 11.8. The fraction of sp³-hybridized carbons (Fsp3) is 0.316. The van der Waals surface area contributed by atoms with Crippen molar-refractivity contribution in [1.29, 1.82) is 0 Å². The Balaban J connectivity index is 1.89. The van der Waals surface area contributed by atoms with Crippen molar-refractivity contribution in [2.24, 2.45) is 0 Å². The van der Waals surface area contributed by atoms with Gasteiger partial charge in [0.05, 0.1) is 0 Å². The van der Waals surface area contributed by atoms with E-state index in [1.165, 1.54) is 5.56 Å². The highest BCUT2D eigenvalue weighted by atomic mass is 79.9. The molecule has 2 aromatic carbocycles. The Morgan fingerprint density at radius 2 is 1.91 bits per heavy atom. The highest BCUT2D eigenvalue weighted by Gasteiger charge is 2.07. The summed E-state index contributed by atoms with van der Waals surface area (Å²) >= 11 is 3.41. The van der Waals surface area contributed by atoms with E-state index in [9.17, 15) is 4.79 Å². The molecule has 23 heavy (non-hydrogen) atoms. The fourth-order valence-electron chi connectivity index (χ4n) is 2.23. The highest BCUT2D eigenvalue weighted by molar-refractivity contribution is 9.10. The van der Waals surface area contributed by atoms with Gasteiger partial charge in [-0.3, -0.25) is 4.79 Å². The first kappa shape index (κ1) is 17.5. The topological polar surface area (TPSA) is 38.3 Å². The zero-order valence-electron chi connectivity index (χ0n) is 13.7. The molecule has 0 saturated heterocycles. The monoisotopic (exact) mass is 375 g/mol. The van der Waals surface area contributed by atoms with Crippen LogP contribution < -0.4 is 10.1 Å². The maximum atomic E-state index is 12.0. The molecule has 2 rings (SSSR count). The molecule has 0 aliphatic heterocycles. The first-order valence-corrected chi connectivity index (χ1v) is 8.57. The van der Waals surface area contributed by atoms with E-state index in [-0.39, 0.29) is 12.5 Å². The first-order valence-electron chi connectivity index (χ1n) is 7.78. The number of anilines is 1. The minimum Gasteiger partial charge on any atom is -0.484 e. The molecule has 0 aliphatic rings. The molecule has 0 saturated carbocycles. The van der Waals surface area contributed by atoms with Gasteiger partial charge in [-0.2, -0.15) is 0 Å². The maximum absolute atomic E-state index is 12.0. The molecule has 2 aromatic rings. The summed E-state index contributed by atoms with van der Waals surface area (Å²) in [7, 11) is 0. The van der Waals surface area contributed by atoms with Gasteiger partial charge in [-0.15, -0.1) is 0 Å². The van der Waals surface area contributed by atoms with Gasteiger partial charge >= 0.3 is 0 Å². The number of nitrogens with one attached hydrogen (secondary N) is 1. The highest BCUT2D eigenvalue weighted by Crippen LogP contribution is 2.22. The van der Waals surface area contributed by atoms with Crippen LogP contribution in [0.15, 0.2) is 46.9 Å². The fourth-order valence-corrected chi connectivity index (χ4v) is 2.71. The zero-order valence-corrected chi connectivity index (χ0v) is 15.3. The summed E-state index contributed by atoms with van der Waals surface area (Å²) in [5.74, 6) is 1.08. The Morgan fingerprint density at radius 1 is 1.22 bits per heavy atom. The zero-order chi connectivity index (χ0) is 16.8. The average Bonchev–Trinajstić information content (AvgIpc) is 2.55. The molecule has 1 amide bonds. The molecule has 0 spiro atoms. The summed E-state index contributed by atoms with van der Waals surface area (Å²) in [6, 6.07) is 13.7. The first-order chi connectivity index (χ1) is 11.0. The second-order valence-corrected chi connectivity index (χ2v) is 6.59. The quantitative estimate of drug-likeness (QED) is 0.744. The van der Waals surface area contributed by atoms with Crippen LogP contribution in [0.5, 0.6) is 5.75 Å². The minimum absolute atomic E-state index is 0.00180. The van der Waals surface area contributed by atoms with E-state index >= 15 is 0 Å². The van der Waals surface area contributed by atoms with E-state index in [0.29, 0.717) is 11.7 Å². The molecule has 122 valence electrons. The molecule has 1 N–H and O–H groups in total. The number of benzene rings is 2. The summed E-state index contributed by atoms with van der Waals surface area (Å²) < 4.78 is 6.54. The summed E-state index contributed by atoms with van der Waals surface area (Å²) in [4.78, 5) is 12.0. The number of hydrogen-bond donors (Lipinski definition) is 1. The number of aryl methyl sites for hydroxylation is 1. The van der Waals surface area contributed by atoms with Crippen molar-refractivity contribution in [3.8, 4) is 5.75 Å². The third-order valence-electron chi connectivity index (χ3n) is 3.89. The van der Waals surface area contributed by atoms with Crippen LogP contribution in [-0.2, 0) is 4.79 Å². The van der Waals surface area contributed by atoms with Gasteiger partial charge in [0, 0.05) is 10.2 Å². The van der Waals surface area contributed by atoms with E-state index in [4.69, 9.17) is 4.74 Å². The Morgan fingerprint density at radius 3 is 2.52 bits per heavy atom. The van der Waals surface area contributed by atoms with Crippen LogP contribution in [0.3, 0.4) is 0 Å². The van der Waals surface area contributed by atoms with Crippen molar-refractivity contribution < 1.29 is 9.53 Å². The van der Waals surface area contributed by atoms with E-state index < -0.39 is 0 Å². The van der Waals surface area contributed by atoms with Crippen molar-refractivity contribution in [3.63, 3.8) is 0 Å². The lowest BCUT2D eigenvalue weighted by molar-refractivity contribution is -0.118. The third kappa shape index (κ3) is 5.10. The predicted octanol–water partition coefficient (Wildman–Crippen LogP) is 5.29. The second-order valence-electron chi connectivity index (χ2n) is 5.67. The third-order valence-corrected chi connectivity index (χ3v) is 4.39. The van der Waals surface area contributed by atoms with E-state index in [2.05, 4.69) is 47.2 Å².